The SMILES string of the molecule is C[S+](C)[C@H](O[C@@H]1C[C@@H](CO)O[C@H]1n1cnc2c(N)nc(F)nc21)C(C)(C)C. The molecule has 1 saturated heterocycles. The lowest BCUT2D eigenvalue weighted by Gasteiger charge is -2.31. The molecule has 0 unspecified atom stereocenters. The fourth-order valence-corrected chi connectivity index (χ4v) is 5.26. The predicted molar refractivity (Wildman–Crippen MR) is 103 cm³/mol. The highest BCUT2D eigenvalue weighted by Crippen LogP contribution is 2.37. The molecule has 1 aliphatic rings. The molecule has 0 aliphatic carbocycles. The summed E-state index contributed by atoms with van der Waals surface area (Å²) in [5.74, 6) is -0.0262. The van der Waals surface area contributed by atoms with Crippen molar-refractivity contribution in [3.63, 3.8) is 0 Å². The molecule has 8 nitrogen and oxygen atoms in total. The highest BCUT2D eigenvalue weighted by molar-refractivity contribution is 7.96. The third-order valence-corrected chi connectivity index (χ3v) is 6.15. The standard InChI is InChI=1S/C17H27FN5O3S/c1-17(2,3)15(27(4)5)26-10-6-9(7-24)25-14(10)23-8-20-11-12(19)21-16(18)22-13(11)23/h8-10,14-15,24H,6-7H2,1-5H3,(H2,19,21,22)/q+1/t9-,10+,14+,15-/m0/s1. The molecule has 3 rings (SSSR count). The van der Waals surface area contributed by atoms with Crippen LogP contribution in [0.5, 0.6) is 0 Å². The van der Waals surface area contributed by atoms with E-state index in [-0.39, 0.29) is 52.0 Å². The van der Waals surface area contributed by atoms with Crippen molar-refractivity contribution in [3.05, 3.63) is 12.4 Å². The first-order chi connectivity index (χ1) is 12.6. The minimum Gasteiger partial charge on any atom is -0.394 e. The van der Waals surface area contributed by atoms with Crippen LogP contribution in [0.1, 0.15) is 33.4 Å². The van der Waals surface area contributed by atoms with Crippen LogP contribution < -0.4 is 5.73 Å². The van der Waals surface area contributed by atoms with E-state index in [9.17, 15) is 9.50 Å². The quantitative estimate of drug-likeness (QED) is 0.578. The van der Waals surface area contributed by atoms with Crippen molar-refractivity contribution in [2.24, 2.45) is 5.41 Å². The van der Waals surface area contributed by atoms with Crippen molar-refractivity contribution in [1.82, 2.24) is 19.5 Å². The summed E-state index contributed by atoms with van der Waals surface area (Å²) in [4.78, 5) is 11.5. The van der Waals surface area contributed by atoms with Crippen LogP contribution in [0.15, 0.2) is 6.33 Å². The second-order valence-electron chi connectivity index (χ2n) is 8.02. The summed E-state index contributed by atoms with van der Waals surface area (Å²) in [5.41, 5.74) is 6.25. The van der Waals surface area contributed by atoms with E-state index in [1.807, 2.05) is 0 Å². The molecule has 1 aliphatic heterocycles. The Hall–Kier alpha value is -1.49. The van der Waals surface area contributed by atoms with E-state index in [0.29, 0.717) is 11.9 Å². The van der Waals surface area contributed by atoms with Crippen LogP contribution in [-0.2, 0) is 20.4 Å². The minimum absolute atomic E-state index is 0.00101. The van der Waals surface area contributed by atoms with Crippen molar-refractivity contribution in [2.75, 3.05) is 24.9 Å². The highest BCUT2D eigenvalue weighted by atomic mass is 32.2. The van der Waals surface area contributed by atoms with E-state index in [0.717, 1.165) is 0 Å². The lowest BCUT2D eigenvalue weighted by Crippen LogP contribution is -2.40. The third-order valence-electron chi connectivity index (χ3n) is 4.48. The number of fused-ring (bicyclic) bond motifs is 1. The van der Waals surface area contributed by atoms with E-state index in [2.05, 4.69) is 48.2 Å². The molecule has 4 atom stereocenters. The van der Waals surface area contributed by atoms with Gasteiger partial charge in [-0.25, -0.2) is 4.98 Å². The van der Waals surface area contributed by atoms with Crippen molar-refractivity contribution < 1.29 is 19.0 Å². The zero-order chi connectivity index (χ0) is 19.9. The van der Waals surface area contributed by atoms with Crippen LogP contribution in [-0.4, -0.2) is 61.4 Å². The van der Waals surface area contributed by atoms with Gasteiger partial charge >= 0.3 is 6.08 Å². The van der Waals surface area contributed by atoms with Crippen molar-refractivity contribution in [1.29, 1.82) is 0 Å². The Bertz CT molecular complexity index is 810. The molecule has 3 N–H and O–H groups in total. The van der Waals surface area contributed by atoms with Gasteiger partial charge < -0.3 is 20.3 Å². The summed E-state index contributed by atoms with van der Waals surface area (Å²) in [7, 11) is 0.00101. The summed E-state index contributed by atoms with van der Waals surface area (Å²) < 4.78 is 27.8. The van der Waals surface area contributed by atoms with Gasteiger partial charge in [-0.05, 0) is 0 Å². The summed E-state index contributed by atoms with van der Waals surface area (Å²) >= 11 is 0. The molecule has 1 fully saturated rings. The number of hydrogen-bond donors (Lipinski definition) is 2. The molecular formula is C17H27FN5O3S+. The molecule has 10 heteroatoms. The van der Waals surface area contributed by atoms with Gasteiger partial charge in [-0.15, -0.1) is 0 Å². The van der Waals surface area contributed by atoms with Crippen LogP contribution in [0, 0.1) is 11.5 Å². The number of aliphatic hydroxyl groups is 1. The van der Waals surface area contributed by atoms with Crippen LogP contribution in [0.2, 0.25) is 0 Å². The Morgan fingerprint density at radius 3 is 2.74 bits per heavy atom. The fourth-order valence-electron chi connectivity index (χ4n) is 3.48. The molecule has 0 radical (unpaired) electrons. The van der Waals surface area contributed by atoms with E-state index in [1.165, 1.54) is 6.33 Å². The first kappa shape index (κ1) is 20.2. The molecule has 3 heterocycles. The van der Waals surface area contributed by atoms with Crippen LogP contribution >= 0.6 is 0 Å². The molecule has 150 valence electrons. The zero-order valence-electron chi connectivity index (χ0n) is 16.2. The summed E-state index contributed by atoms with van der Waals surface area (Å²) in [6.07, 6.45) is 4.07. The molecule has 0 saturated carbocycles. The van der Waals surface area contributed by atoms with E-state index in [1.54, 1.807) is 4.57 Å². The second kappa shape index (κ2) is 7.50. The molecule has 27 heavy (non-hydrogen) atoms. The first-order valence-corrected chi connectivity index (χ1v) is 10.9. The Balaban J connectivity index is 1.97. The van der Waals surface area contributed by atoms with Gasteiger partial charge in [0.1, 0.15) is 6.10 Å². The number of aliphatic hydroxyl groups excluding tert-OH is 1. The fraction of sp³-hybridized carbons (Fsp3) is 0.706. The summed E-state index contributed by atoms with van der Waals surface area (Å²) in [6.45, 7) is 6.28. The molecule has 0 amide bonds. The lowest BCUT2D eigenvalue weighted by molar-refractivity contribution is -0.0902. The van der Waals surface area contributed by atoms with Gasteiger partial charge in [-0.1, -0.05) is 20.8 Å². The normalized spacial score (nSPS) is 24.8. The Morgan fingerprint density at radius 1 is 1.44 bits per heavy atom. The van der Waals surface area contributed by atoms with Gasteiger partial charge in [0, 0.05) is 22.7 Å². The second-order valence-corrected chi connectivity index (χ2v) is 10.2. The predicted octanol–water partition coefficient (Wildman–Crippen LogP) is 1.46. The number of halogens is 1. The molecule has 2 aromatic heterocycles. The van der Waals surface area contributed by atoms with Gasteiger partial charge in [0.05, 0.1) is 31.5 Å². The van der Waals surface area contributed by atoms with Gasteiger partial charge in [-0.3, -0.25) is 4.57 Å². The Morgan fingerprint density at radius 2 is 2.15 bits per heavy atom. The molecule has 0 spiro atoms. The molecule has 0 aromatic carbocycles. The van der Waals surface area contributed by atoms with Crippen molar-refractivity contribution in [2.45, 2.75) is 51.1 Å². The number of nitrogens with two attached hydrogens (primary N) is 1. The first-order valence-electron chi connectivity index (χ1n) is 8.75. The largest absolute Gasteiger partial charge is 0.394 e. The average Bonchev–Trinajstić information content (AvgIpc) is 3.14. The number of aromatic nitrogens is 4. The van der Waals surface area contributed by atoms with Gasteiger partial charge in [0.15, 0.2) is 23.2 Å². The Labute approximate surface area is 160 Å². The summed E-state index contributed by atoms with van der Waals surface area (Å²) in [6, 6.07) is 0. The summed E-state index contributed by atoms with van der Waals surface area (Å²) in [5, 5.41) is 9.59. The number of anilines is 1. The van der Waals surface area contributed by atoms with E-state index >= 15 is 0 Å². The number of hydrogen-bond acceptors (Lipinski definition) is 7. The number of ether oxygens (including phenoxy) is 2. The van der Waals surface area contributed by atoms with Gasteiger partial charge in [-0.2, -0.15) is 14.4 Å². The third kappa shape index (κ3) is 4.03. The van der Waals surface area contributed by atoms with Gasteiger partial charge in [0.25, 0.3) is 0 Å². The van der Waals surface area contributed by atoms with Crippen molar-refractivity contribution >= 4 is 27.9 Å². The number of nitrogens with zero attached hydrogens (tertiary/aromatic N) is 4. The minimum atomic E-state index is -0.924. The van der Waals surface area contributed by atoms with Gasteiger partial charge in [0.2, 0.25) is 5.44 Å². The average molecular weight is 401 g/mol. The van der Waals surface area contributed by atoms with E-state index in [4.69, 9.17) is 15.2 Å². The highest BCUT2D eigenvalue weighted by Gasteiger charge is 2.45. The lowest BCUT2D eigenvalue weighted by atomic mass is 9.98. The van der Waals surface area contributed by atoms with Crippen LogP contribution in [0.3, 0.4) is 0 Å². The maximum absolute atomic E-state index is 13.7. The molecule has 2 aromatic rings. The number of imidazole rings is 1. The maximum Gasteiger partial charge on any atom is 0.312 e. The number of rotatable bonds is 5. The number of nitrogen functional groups attached to an aromatic ring is 1. The monoisotopic (exact) mass is 400 g/mol. The van der Waals surface area contributed by atoms with Crippen molar-refractivity contribution in [3.8, 4) is 0 Å². The van der Waals surface area contributed by atoms with Crippen LogP contribution in [0.4, 0.5) is 10.2 Å². The smallest absolute Gasteiger partial charge is 0.312 e. The van der Waals surface area contributed by atoms with E-state index < -0.39 is 12.3 Å². The zero-order valence-corrected chi connectivity index (χ0v) is 17.0. The van der Waals surface area contributed by atoms with Crippen LogP contribution in [0.25, 0.3) is 11.2 Å². The maximum atomic E-state index is 13.7. The molecule has 0 bridgehead atoms. The topological polar surface area (TPSA) is 108 Å². The molecular weight excluding hydrogens is 373 g/mol. The Kier molecular flexibility index (Phi) is 5.62.